The van der Waals surface area contributed by atoms with E-state index in [-0.39, 0.29) is 5.41 Å². The van der Waals surface area contributed by atoms with E-state index in [0.29, 0.717) is 0 Å². The molecule has 0 saturated carbocycles. The zero-order chi connectivity index (χ0) is 17.7. The minimum atomic E-state index is -1.66. The Kier molecular flexibility index (Phi) is 8.15. The van der Waals surface area contributed by atoms with Gasteiger partial charge in [-0.15, -0.1) is 23.5 Å². The van der Waals surface area contributed by atoms with Gasteiger partial charge < -0.3 is 9.16 Å². The van der Waals surface area contributed by atoms with Crippen molar-refractivity contribution in [2.45, 2.75) is 66.6 Å². The van der Waals surface area contributed by atoms with Crippen molar-refractivity contribution in [2.24, 2.45) is 5.41 Å². The Balaban J connectivity index is 3.45. The second-order valence-corrected chi connectivity index (χ2v) is 14.8. The van der Waals surface area contributed by atoms with Gasteiger partial charge >= 0.3 is 0 Å². The van der Waals surface area contributed by atoms with E-state index in [1.807, 2.05) is 23.5 Å². The van der Waals surface area contributed by atoms with Crippen LogP contribution in [0.25, 0.3) is 0 Å². The van der Waals surface area contributed by atoms with E-state index in [1.165, 1.54) is 27.7 Å². The summed E-state index contributed by atoms with van der Waals surface area (Å²) in [4.78, 5) is 0. The minimum Gasteiger partial charge on any atom is -0.547 e. The zero-order valence-electron chi connectivity index (χ0n) is 16.2. The van der Waals surface area contributed by atoms with Gasteiger partial charge in [-0.05, 0) is 31.5 Å². The van der Waals surface area contributed by atoms with Crippen molar-refractivity contribution < 1.29 is 9.16 Å². The van der Waals surface area contributed by atoms with Crippen molar-refractivity contribution >= 4 is 31.8 Å². The Labute approximate surface area is 153 Å². The van der Waals surface area contributed by atoms with E-state index in [1.54, 1.807) is 7.11 Å². The molecule has 0 aromatic carbocycles. The summed E-state index contributed by atoms with van der Waals surface area (Å²) in [6, 6.07) is 0. The quantitative estimate of drug-likeness (QED) is 0.368. The second-order valence-electron chi connectivity index (χ2n) is 7.88. The van der Waals surface area contributed by atoms with Crippen molar-refractivity contribution in [3.63, 3.8) is 0 Å². The molecule has 0 unspecified atom stereocenters. The van der Waals surface area contributed by atoms with E-state index >= 15 is 0 Å². The third-order valence-electron chi connectivity index (χ3n) is 3.38. The van der Waals surface area contributed by atoms with Crippen molar-refractivity contribution in [1.29, 1.82) is 0 Å². The van der Waals surface area contributed by atoms with Crippen LogP contribution >= 0.6 is 23.5 Å². The third kappa shape index (κ3) is 6.79. The molecule has 0 aromatic heterocycles. The number of methoxy groups -OCH3 is 1. The molecule has 0 N–H and O–H groups in total. The molecule has 5 heteroatoms. The zero-order valence-corrected chi connectivity index (χ0v) is 18.8. The monoisotopic (exact) mass is 374 g/mol. The average molecular weight is 375 g/mol. The molecule has 2 nitrogen and oxygen atoms in total. The normalized spacial score (nSPS) is 17.1. The number of hydrogen-bond acceptors (Lipinski definition) is 4. The van der Waals surface area contributed by atoms with Crippen LogP contribution in [0.15, 0.2) is 21.3 Å². The highest BCUT2D eigenvalue weighted by atomic mass is 32.2. The van der Waals surface area contributed by atoms with Gasteiger partial charge in [0.15, 0.2) is 0 Å². The Morgan fingerprint density at radius 2 is 1.70 bits per heavy atom. The van der Waals surface area contributed by atoms with Crippen LogP contribution in [-0.2, 0) is 9.16 Å². The van der Waals surface area contributed by atoms with Gasteiger partial charge in [0.1, 0.15) is 5.76 Å². The Morgan fingerprint density at radius 1 is 1.13 bits per heavy atom. The summed E-state index contributed by atoms with van der Waals surface area (Å²) >= 11 is 3.84. The highest BCUT2D eigenvalue weighted by Crippen LogP contribution is 2.46. The molecule has 1 rings (SSSR count). The van der Waals surface area contributed by atoms with Crippen LogP contribution < -0.4 is 0 Å². The molecule has 0 atom stereocenters. The molecule has 1 fully saturated rings. The van der Waals surface area contributed by atoms with Crippen molar-refractivity contribution in [3.05, 3.63) is 21.3 Å². The highest BCUT2D eigenvalue weighted by Gasteiger charge is 2.32. The van der Waals surface area contributed by atoms with E-state index < -0.39 is 8.32 Å². The van der Waals surface area contributed by atoms with Crippen LogP contribution in [0.3, 0.4) is 0 Å². The fourth-order valence-corrected chi connectivity index (χ4v) is 6.00. The van der Waals surface area contributed by atoms with Crippen LogP contribution in [0.1, 0.15) is 47.0 Å². The van der Waals surface area contributed by atoms with Gasteiger partial charge in [0, 0.05) is 23.5 Å². The first-order valence-electron chi connectivity index (χ1n) is 8.57. The summed E-state index contributed by atoms with van der Waals surface area (Å²) in [5.41, 5.74) is 1.28. The van der Waals surface area contributed by atoms with E-state index in [4.69, 9.17) is 9.16 Å². The number of rotatable bonds is 7. The topological polar surface area (TPSA) is 18.5 Å². The maximum atomic E-state index is 6.56. The fourth-order valence-electron chi connectivity index (χ4n) is 2.55. The summed E-state index contributed by atoms with van der Waals surface area (Å²) in [5, 5.41) is 0. The first-order valence-corrected chi connectivity index (χ1v) is 13.9. The smallest absolute Gasteiger partial charge is 0.241 e. The highest BCUT2D eigenvalue weighted by molar-refractivity contribution is 8.25. The number of unbranched alkanes of at least 4 members (excludes halogenated alkanes) is 1. The summed E-state index contributed by atoms with van der Waals surface area (Å²) in [6.45, 7) is 15.8. The van der Waals surface area contributed by atoms with Gasteiger partial charge in [-0.3, -0.25) is 0 Å². The largest absolute Gasteiger partial charge is 0.547 e. The van der Waals surface area contributed by atoms with E-state index in [2.05, 4.69) is 47.3 Å². The van der Waals surface area contributed by atoms with Gasteiger partial charge in [-0.2, -0.15) is 0 Å². The lowest BCUT2D eigenvalue weighted by Crippen LogP contribution is -2.28. The first-order chi connectivity index (χ1) is 10.6. The second kappa shape index (κ2) is 8.91. The molecule has 0 radical (unpaired) electrons. The molecule has 0 spiro atoms. The predicted octanol–water partition coefficient (Wildman–Crippen LogP) is 6.62. The van der Waals surface area contributed by atoms with Crippen molar-refractivity contribution in [1.82, 2.24) is 0 Å². The van der Waals surface area contributed by atoms with Gasteiger partial charge in [0.05, 0.1) is 17.1 Å². The van der Waals surface area contributed by atoms with Gasteiger partial charge in [-0.1, -0.05) is 34.1 Å². The van der Waals surface area contributed by atoms with Crippen LogP contribution in [0.4, 0.5) is 0 Å². The first kappa shape index (κ1) is 21.0. The SMILES string of the molecule is CCCC/C(O[Si](C)(C)C)=C(\C(OC)=C1SCCS1)C(C)(C)C. The lowest BCUT2D eigenvalue weighted by atomic mass is 9.83. The molecule has 1 aliphatic rings. The lowest BCUT2D eigenvalue weighted by molar-refractivity contribution is 0.268. The van der Waals surface area contributed by atoms with Crippen LogP contribution in [-0.4, -0.2) is 26.9 Å². The molecule has 1 heterocycles. The molecule has 0 aromatic rings. The molecule has 0 aliphatic carbocycles. The summed E-state index contributed by atoms with van der Waals surface area (Å²) in [6.07, 6.45) is 3.34. The average Bonchev–Trinajstić information content (AvgIpc) is 2.92. The molecular formula is C18H34O2S2Si. The molecule has 0 bridgehead atoms. The van der Waals surface area contributed by atoms with Crippen LogP contribution in [0.5, 0.6) is 0 Å². The third-order valence-corrected chi connectivity index (χ3v) is 6.92. The van der Waals surface area contributed by atoms with E-state index in [9.17, 15) is 0 Å². The van der Waals surface area contributed by atoms with E-state index in [0.717, 1.165) is 24.4 Å². The lowest BCUT2D eigenvalue weighted by Gasteiger charge is -2.32. The molecule has 23 heavy (non-hydrogen) atoms. The molecule has 0 amide bonds. The molecular weight excluding hydrogens is 340 g/mol. The summed E-state index contributed by atoms with van der Waals surface area (Å²) in [5.74, 6) is 4.55. The Hall–Kier alpha value is -0.00312. The molecule has 1 aliphatic heterocycles. The Morgan fingerprint density at radius 3 is 2.09 bits per heavy atom. The molecule has 134 valence electrons. The maximum Gasteiger partial charge on any atom is 0.241 e. The number of allylic oxidation sites excluding steroid dienone is 2. The molecule has 1 saturated heterocycles. The van der Waals surface area contributed by atoms with Crippen LogP contribution in [0, 0.1) is 5.41 Å². The van der Waals surface area contributed by atoms with Gasteiger partial charge in [0.2, 0.25) is 8.32 Å². The summed E-state index contributed by atoms with van der Waals surface area (Å²) < 4.78 is 13.8. The number of hydrogen-bond donors (Lipinski definition) is 0. The minimum absolute atomic E-state index is 0.00474. The van der Waals surface area contributed by atoms with Gasteiger partial charge in [0.25, 0.3) is 0 Å². The van der Waals surface area contributed by atoms with Crippen LogP contribution in [0.2, 0.25) is 19.6 Å². The van der Waals surface area contributed by atoms with Crippen molar-refractivity contribution in [2.75, 3.05) is 18.6 Å². The number of ether oxygens (including phenoxy) is 1. The number of thioether (sulfide) groups is 2. The van der Waals surface area contributed by atoms with Gasteiger partial charge in [-0.25, -0.2) is 0 Å². The standard InChI is InChI=1S/C18H34O2S2Si/c1-9-10-11-14(20-23(6,7)8)15(18(2,3)4)16(19-5)17-21-12-13-22-17/h9-13H2,1-8H3/b15-14-. The summed E-state index contributed by atoms with van der Waals surface area (Å²) in [7, 11) is 0.145. The fraction of sp³-hybridized carbons (Fsp3) is 0.778. The Bertz CT molecular complexity index is 449. The maximum absolute atomic E-state index is 6.56. The van der Waals surface area contributed by atoms with Crippen molar-refractivity contribution in [3.8, 4) is 0 Å². The predicted molar refractivity (Wildman–Crippen MR) is 109 cm³/mol.